The molecule has 0 atom stereocenters. The predicted molar refractivity (Wildman–Crippen MR) is 78.8 cm³/mol. The Balaban J connectivity index is 2.19. The van der Waals surface area contributed by atoms with Crippen LogP contribution in [0.1, 0.15) is 22.4 Å². The van der Waals surface area contributed by atoms with Crippen LogP contribution in [0.5, 0.6) is 0 Å². The summed E-state index contributed by atoms with van der Waals surface area (Å²) in [5.41, 5.74) is 0.285. The molecule has 9 heteroatoms. The minimum atomic E-state index is -0.330. The number of aryl methyl sites for hydroxylation is 1. The van der Waals surface area contributed by atoms with Crippen LogP contribution in [0.2, 0.25) is 0 Å². The van der Waals surface area contributed by atoms with Crippen LogP contribution < -0.4 is 5.32 Å². The van der Waals surface area contributed by atoms with Gasteiger partial charge in [0.1, 0.15) is 10.7 Å². The predicted octanol–water partition coefficient (Wildman–Crippen LogP) is 2.63. The highest BCUT2D eigenvalue weighted by Crippen LogP contribution is 2.20. The van der Waals surface area contributed by atoms with E-state index in [0.29, 0.717) is 14.8 Å². The SMILES string of the molecule is CCc1nnc(NC(=O)c2nc(SC)ncc2Br)s1. The van der Waals surface area contributed by atoms with Crippen molar-refractivity contribution in [2.24, 2.45) is 0 Å². The van der Waals surface area contributed by atoms with Crippen molar-refractivity contribution in [2.45, 2.75) is 18.5 Å². The molecule has 0 radical (unpaired) electrons. The van der Waals surface area contributed by atoms with E-state index in [1.807, 2.05) is 13.2 Å². The zero-order valence-electron chi connectivity index (χ0n) is 10.2. The van der Waals surface area contributed by atoms with Crippen LogP contribution in [-0.4, -0.2) is 32.3 Å². The van der Waals surface area contributed by atoms with Crippen LogP contribution in [0, 0.1) is 0 Å². The van der Waals surface area contributed by atoms with Crippen molar-refractivity contribution < 1.29 is 4.79 Å². The van der Waals surface area contributed by atoms with Gasteiger partial charge in [-0.15, -0.1) is 10.2 Å². The number of carbonyl (C=O) groups is 1. The van der Waals surface area contributed by atoms with Crippen molar-refractivity contribution in [1.29, 1.82) is 0 Å². The van der Waals surface area contributed by atoms with Crippen molar-refractivity contribution >= 4 is 50.1 Å². The summed E-state index contributed by atoms with van der Waals surface area (Å²) >= 11 is 5.99. The Morgan fingerprint density at radius 2 is 2.32 bits per heavy atom. The zero-order valence-corrected chi connectivity index (χ0v) is 13.4. The molecule has 19 heavy (non-hydrogen) atoms. The highest BCUT2D eigenvalue weighted by Gasteiger charge is 2.15. The number of aromatic nitrogens is 4. The number of hydrogen-bond donors (Lipinski definition) is 1. The third-order valence-corrected chi connectivity index (χ3v) is 4.23. The number of rotatable bonds is 4. The molecule has 100 valence electrons. The largest absolute Gasteiger partial charge is 0.295 e. The maximum atomic E-state index is 12.1. The molecule has 0 spiro atoms. The smallest absolute Gasteiger partial charge is 0.277 e. The highest BCUT2D eigenvalue weighted by molar-refractivity contribution is 9.10. The molecule has 0 bridgehead atoms. The maximum Gasteiger partial charge on any atom is 0.277 e. The summed E-state index contributed by atoms with van der Waals surface area (Å²) in [6.45, 7) is 1.98. The monoisotopic (exact) mass is 359 g/mol. The fourth-order valence-electron chi connectivity index (χ4n) is 1.21. The highest BCUT2D eigenvalue weighted by atomic mass is 79.9. The fraction of sp³-hybridized carbons (Fsp3) is 0.300. The molecule has 1 amide bonds. The Hall–Kier alpha value is -1.06. The van der Waals surface area contributed by atoms with Crippen molar-refractivity contribution in [3.63, 3.8) is 0 Å². The average Bonchev–Trinajstić information content (AvgIpc) is 2.87. The van der Waals surface area contributed by atoms with Crippen molar-refractivity contribution in [1.82, 2.24) is 20.2 Å². The summed E-state index contributed by atoms with van der Waals surface area (Å²) in [6.07, 6.45) is 4.20. The van der Waals surface area contributed by atoms with Crippen LogP contribution in [0.15, 0.2) is 15.8 Å². The molecule has 0 aromatic carbocycles. The summed E-state index contributed by atoms with van der Waals surface area (Å²) in [5, 5.41) is 12.4. The Labute approximate surface area is 126 Å². The minimum Gasteiger partial charge on any atom is -0.295 e. The van der Waals surface area contributed by atoms with Gasteiger partial charge in [0.2, 0.25) is 5.13 Å². The molecule has 2 aromatic rings. The van der Waals surface area contributed by atoms with E-state index in [-0.39, 0.29) is 11.6 Å². The zero-order chi connectivity index (χ0) is 13.8. The van der Waals surface area contributed by atoms with E-state index in [9.17, 15) is 4.79 Å². The van der Waals surface area contributed by atoms with Gasteiger partial charge in [-0.1, -0.05) is 30.0 Å². The van der Waals surface area contributed by atoms with Crippen LogP contribution in [-0.2, 0) is 6.42 Å². The third-order valence-electron chi connectivity index (χ3n) is 2.11. The van der Waals surface area contributed by atoms with Crippen LogP contribution in [0.25, 0.3) is 0 Å². The molecule has 0 fully saturated rings. The Bertz CT molecular complexity index is 603. The van der Waals surface area contributed by atoms with Gasteiger partial charge in [-0.25, -0.2) is 9.97 Å². The molecule has 0 saturated heterocycles. The Morgan fingerprint density at radius 1 is 1.53 bits per heavy atom. The Morgan fingerprint density at radius 3 is 2.95 bits per heavy atom. The van der Waals surface area contributed by atoms with E-state index in [1.54, 1.807) is 6.20 Å². The maximum absolute atomic E-state index is 12.1. The second-order valence-corrected chi connectivity index (χ2v) is 6.05. The first-order chi connectivity index (χ1) is 9.13. The van der Waals surface area contributed by atoms with Crippen molar-refractivity contribution in [2.75, 3.05) is 11.6 Å². The first kappa shape index (κ1) is 14.4. The second-order valence-electron chi connectivity index (χ2n) is 3.36. The van der Waals surface area contributed by atoms with Crippen LogP contribution in [0.3, 0.4) is 0 Å². The van der Waals surface area contributed by atoms with E-state index in [1.165, 1.54) is 23.1 Å². The van der Waals surface area contributed by atoms with Gasteiger partial charge < -0.3 is 0 Å². The lowest BCUT2D eigenvalue weighted by Gasteiger charge is -2.03. The molecule has 6 nitrogen and oxygen atoms in total. The molecule has 2 aromatic heterocycles. The minimum absolute atomic E-state index is 0.285. The van der Waals surface area contributed by atoms with Gasteiger partial charge in [0, 0.05) is 6.20 Å². The van der Waals surface area contributed by atoms with Crippen molar-refractivity contribution in [3.8, 4) is 0 Å². The van der Waals surface area contributed by atoms with Gasteiger partial charge in [-0.3, -0.25) is 10.1 Å². The van der Waals surface area contributed by atoms with Gasteiger partial charge in [0.05, 0.1) is 4.47 Å². The van der Waals surface area contributed by atoms with Gasteiger partial charge in [-0.05, 0) is 28.6 Å². The first-order valence-electron chi connectivity index (χ1n) is 5.34. The topological polar surface area (TPSA) is 80.7 Å². The number of hydrogen-bond acceptors (Lipinski definition) is 7. The van der Waals surface area contributed by atoms with Crippen molar-refractivity contribution in [3.05, 3.63) is 21.4 Å². The molecule has 2 heterocycles. The van der Waals surface area contributed by atoms with Gasteiger partial charge in [0.15, 0.2) is 5.16 Å². The first-order valence-corrected chi connectivity index (χ1v) is 8.17. The number of halogens is 1. The molecule has 0 aliphatic carbocycles. The molecule has 0 aliphatic heterocycles. The number of thioether (sulfide) groups is 1. The lowest BCUT2D eigenvalue weighted by Crippen LogP contribution is -2.15. The van der Waals surface area contributed by atoms with Crippen LogP contribution in [0.4, 0.5) is 5.13 Å². The van der Waals surface area contributed by atoms with Gasteiger partial charge in [-0.2, -0.15) is 0 Å². The molecule has 0 aliphatic rings. The molecule has 2 rings (SSSR count). The Kier molecular flexibility index (Phi) is 4.83. The summed E-state index contributed by atoms with van der Waals surface area (Å²) in [5.74, 6) is -0.330. The van der Waals surface area contributed by atoms with E-state index in [0.717, 1.165) is 11.4 Å². The number of nitrogens with zero attached hydrogens (tertiary/aromatic N) is 4. The fourth-order valence-corrected chi connectivity index (χ4v) is 2.60. The summed E-state index contributed by atoms with van der Waals surface area (Å²) in [6, 6.07) is 0. The molecule has 0 saturated carbocycles. The lowest BCUT2D eigenvalue weighted by molar-refractivity contribution is 0.102. The van der Waals surface area contributed by atoms with E-state index in [2.05, 4.69) is 41.4 Å². The molecular formula is C10H10BrN5OS2. The molecular weight excluding hydrogens is 350 g/mol. The third kappa shape index (κ3) is 3.48. The molecule has 0 unspecified atom stereocenters. The normalized spacial score (nSPS) is 10.5. The number of anilines is 1. The summed E-state index contributed by atoms with van der Waals surface area (Å²) < 4.78 is 0.544. The molecule has 1 N–H and O–H groups in total. The number of nitrogens with one attached hydrogen (secondary N) is 1. The van der Waals surface area contributed by atoms with E-state index >= 15 is 0 Å². The standard InChI is InChI=1S/C10H10BrN5OS2/c1-3-6-15-16-10(19-6)14-8(17)7-5(11)4-12-9(13-7)18-2/h4H,3H2,1-2H3,(H,14,16,17). The number of amides is 1. The average molecular weight is 360 g/mol. The van der Waals surface area contributed by atoms with E-state index < -0.39 is 0 Å². The second kappa shape index (κ2) is 6.40. The summed E-state index contributed by atoms with van der Waals surface area (Å²) in [4.78, 5) is 20.3. The number of carbonyl (C=O) groups excluding carboxylic acids is 1. The quantitative estimate of drug-likeness (QED) is 0.667. The van der Waals surface area contributed by atoms with Gasteiger partial charge in [0.25, 0.3) is 5.91 Å². The van der Waals surface area contributed by atoms with E-state index in [4.69, 9.17) is 0 Å². The van der Waals surface area contributed by atoms with Gasteiger partial charge >= 0.3 is 0 Å². The van der Waals surface area contributed by atoms with Crippen LogP contribution >= 0.6 is 39.0 Å². The summed E-state index contributed by atoms with van der Waals surface area (Å²) in [7, 11) is 0. The lowest BCUT2D eigenvalue weighted by atomic mass is 10.4.